The van der Waals surface area contributed by atoms with Crippen molar-refractivity contribution in [1.29, 1.82) is 0 Å². The van der Waals surface area contributed by atoms with Gasteiger partial charge in [0.05, 0.1) is 11.1 Å². The molecule has 0 radical (unpaired) electrons. The molecule has 4 nitrogen and oxygen atoms in total. The summed E-state index contributed by atoms with van der Waals surface area (Å²) in [6.45, 7) is 4.44. The minimum absolute atomic E-state index is 0.159. The van der Waals surface area contributed by atoms with Gasteiger partial charge in [0.2, 0.25) is 0 Å². The fourth-order valence-corrected chi connectivity index (χ4v) is 4.56. The van der Waals surface area contributed by atoms with Crippen LogP contribution in [0.1, 0.15) is 112 Å². The molecule has 1 heterocycles. The topological polar surface area (TPSA) is 52.1 Å². The highest BCUT2D eigenvalue weighted by Gasteiger charge is 2.13. The zero-order valence-electron chi connectivity index (χ0n) is 23.2. The molecule has 3 aromatic rings. The highest BCUT2D eigenvalue weighted by atomic mass is 19.1. The Morgan fingerprint density at radius 1 is 0.711 bits per heavy atom. The average Bonchev–Trinajstić information content (AvgIpc) is 2.93. The molecule has 0 aliphatic rings. The van der Waals surface area contributed by atoms with Gasteiger partial charge in [-0.25, -0.2) is 19.2 Å². The van der Waals surface area contributed by atoms with E-state index in [-0.39, 0.29) is 11.3 Å². The van der Waals surface area contributed by atoms with Crippen molar-refractivity contribution in [3.8, 4) is 17.1 Å². The molecule has 3 rings (SSSR count). The normalized spacial score (nSPS) is 11.0. The minimum Gasteiger partial charge on any atom is -0.423 e. The monoisotopic (exact) mass is 518 g/mol. The maximum atomic E-state index is 14.8. The van der Waals surface area contributed by atoms with Crippen LogP contribution in [0.15, 0.2) is 54.9 Å². The Morgan fingerprint density at radius 2 is 1.26 bits per heavy atom. The van der Waals surface area contributed by atoms with Gasteiger partial charge in [-0.1, -0.05) is 90.2 Å². The van der Waals surface area contributed by atoms with Gasteiger partial charge in [-0.05, 0) is 61.1 Å². The van der Waals surface area contributed by atoms with E-state index in [2.05, 4.69) is 23.8 Å². The van der Waals surface area contributed by atoms with Gasteiger partial charge in [-0.2, -0.15) is 0 Å². The molecule has 0 unspecified atom stereocenters. The molecular formula is C33H43FN2O2. The van der Waals surface area contributed by atoms with E-state index in [0.717, 1.165) is 31.2 Å². The van der Waals surface area contributed by atoms with Gasteiger partial charge in [0.15, 0.2) is 5.82 Å². The van der Waals surface area contributed by atoms with Crippen molar-refractivity contribution in [2.75, 3.05) is 0 Å². The number of nitrogens with zero attached hydrogens (tertiary/aromatic N) is 2. The summed E-state index contributed by atoms with van der Waals surface area (Å²) < 4.78 is 20.3. The fraction of sp³-hybridized carbons (Fsp3) is 0.485. The Balaban J connectivity index is 1.47. The van der Waals surface area contributed by atoms with Crippen LogP contribution < -0.4 is 4.74 Å². The Bertz CT molecular complexity index is 1100. The van der Waals surface area contributed by atoms with Crippen molar-refractivity contribution in [3.63, 3.8) is 0 Å². The lowest BCUT2D eigenvalue weighted by atomic mass is 10.0. The summed E-state index contributed by atoms with van der Waals surface area (Å²) >= 11 is 0. The number of halogens is 1. The third-order valence-corrected chi connectivity index (χ3v) is 6.92. The second kappa shape index (κ2) is 16.7. The first kappa shape index (κ1) is 29.5. The van der Waals surface area contributed by atoms with Crippen LogP contribution in [-0.2, 0) is 12.8 Å². The van der Waals surface area contributed by atoms with Crippen molar-refractivity contribution in [2.45, 2.75) is 104 Å². The second-order valence-electron chi connectivity index (χ2n) is 10.2. The number of carbonyl (C=O) groups is 1. The largest absolute Gasteiger partial charge is 0.423 e. The number of hydrogen-bond acceptors (Lipinski definition) is 4. The van der Waals surface area contributed by atoms with Crippen LogP contribution in [-0.4, -0.2) is 15.9 Å². The molecule has 38 heavy (non-hydrogen) atoms. The Labute approximate surface area is 228 Å². The van der Waals surface area contributed by atoms with Gasteiger partial charge in [-0.3, -0.25) is 0 Å². The molecule has 2 aromatic carbocycles. The molecule has 0 bridgehead atoms. The summed E-state index contributed by atoms with van der Waals surface area (Å²) in [7, 11) is 0. The standard InChI is InChI=1S/C33H43FN2O2/c1-3-5-7-9-10-11-12-14-16-27-24-35-32(36-25-27)30-22-21-29(23-31(30)34)38-33(37)28-19-17-26(18-20-28)15-13-8-6-4-2/h17-25H,3-16H2,1-2H3. The van der Waals surface area contributed by atoms with Crippen LogP contribution in [0.4, 0.5) is 4.39 Å². The quantitative estimate of drug-likeness (QED) is 0.101. The van der Waals surface area contributed by atoms with E-state index in [9.17, 15) is 9.18 Å². The maximum absolute atomic E-state index is 14.8. The number of benzene rings is 2. The minimum atomic E-state index is -0.520. The number of rotatable bonds is 17. The lowest BCUT2D eigenvalue weighted by Crippen LogP contribution is -2.09. The molecule has 0 saturated carbocycles. The highest BCUT2D eigenvalue weighted by Crippen LogP contribution is 2.24. The Morgan fingerprint density at radius 3 is 1.87 bits per heavy atom. The second-order valence-corrected chi connectivity index (χ2v) is 10.2. The summed E-state index contributed by atoms with van der Waals surface area (Å²) in [6.07, 6.45) is 20.6. The van der Waals surface area contributed by atoms with Crippen molar-refractivity contribution in [1.82, 2.24) is 9.97 Å². The molecule has 1 aromatic heterocycles. The number of unbranched alkanes of at least 4 members (excludes halogenated alkanes) is 10. The molecule has 0 atom stereocenters. The molecule has 0 spiro atoms. The summed E-state index contributed by atoms with van der Waals surface area (Å²) in [5.74, 6) is -0.537. The van der Waals surface area contributed by atoms with Crippen LogP contribution in [0.25, 0.3) is 11.4 Å². The predicted molar refractivity (Wildman–Crippen MR) is 153 cm³/mol. The summed E-state index contributed by atoms with van der Waals surface area (Å²) in [6, 6.07) is 11.8. The molecule has 0 N–H and O–H groups in total. The lowest BCUT2D eigenvalue weighted by molar-refractivity contribution is 0.0734. The zero-order valence-corrected chi connectivity index (χ0v) is 23.2. The third kappa shape index (κ3) is 10.00. The number of hydrogen-bond donors (Lipinski definition) is 0. The number of aromatic nitrogens is 2. The van der Waals surface area contributed by atoms with Crippen LogP contribution in [0.5, 0.6) is 5.75 Å². The van der Waals surface area contributed by atoms with Crippen molar-refractivity contribution in [2.24, 2.45) is 0 Å². The number of ether oxygens (including phenoxy) is 1. The van der Waals surface area contributed by atoms with Gasteiger partial charge in [0.25, 0.3) is 0 Å². The predicted octanol–water partition coefficient (Wildman–Crippen LogP) is 9.31. The highest BCUT2D eigenvalue weighted by molar-refractivity contribution is 5.91. The molecule has 5 heteroatoms. The van der Waals surface area contributed by atoms with E-state index in [1.165, 1.54) is 75.8 Å². The van der Waals surface area contributed by atoms with Gasteiger partial charge in [-0.15, -0.1) is 0 Å². The maximum Gasteiger partial charge on any atom is 0.343 e. The van der Waals surface area contributed by atoms with Crippen LogP contribution in [0, 0.1) is 5.82 Å². The Hall–Kier alpha value is -3.08. The number of aryl methyl sites for hydroxylation is 2. The van der Waals surface area contributed by atoms with E-state index in [1.807, 2.05) is 12.1 Å². The number of carbonyl (C=O) groups excluding carboxylic acids is 1. The van der Waals surface area contributed by atoms with Gasteiger partial charge >= 0.3 is 5.97 Å². The lowest BCUT2D eigenvalue weighted by Gasteiger charge is -2.08. The first-order valence-corrected chi connectivity index (χ1v) is 14.5. The average molecular weight is 519 g/mol. The molecule has 0 aliphatic carbocycles. The molecule has 0 saturated heterocycles. The van der Waals surface area contributed by atoms with Crippen LogP contribution >= 0.6 is 0 Å². The molecule has 204 valence electrons. The van der Waals surface area contributed by atoms with Gasteiger partial charge < -0.3 is 4.74 Å². The Kier molecular flexibility index (Phi) is 13.0. The summed E-state index contributed by atoms with van der Waals surface area (Å²) in [5, 5.41) is 0. The molecule has 0 aliphatic heterocycles. The van der Waals surface area contributed by atoms with E-state index < -0.39 is 11.8 Å². The van der Waals surface area contributed by atoms with Crippen LogP contribution in [0.3, 0.4) is 0 Å². The van der Waals surface area contributed by atoms with Gasteiger partial charge in [0, 0.05) is 18.5 Å². The van der Waals surface area contributed by atoms with E-state index in [1.54, 1.807) is 36.7 Å². The summed E-state index contributed by atoms with van der Waals surface area (Å²) in [4.78, 5) is 21.3. The number of esters is 1. The van der Waals surface area contributed by atoms with E-state index in [4.69, 9.17) is 4.74 Å². The van der Waals surface area contributed by atoms with Crippen molar-refractivity contribution < 1.29 is 13.9 Å². The van der Waals surface area contributed by atoms with Crippen molar-refractivity contribution >= 4 is 5.97 Å². The third-order valence-electron chi connectivity index (χ3n) is 6.92. The molecule has 0 amide bonds. The first-order chi connectivity index (χ1) is 18.6. The fourth-order valence-electron chi connectivity index (χ4n) is 4.56. The first-order valence-electron chi connectivity index (χ1n) is 14.5. The van der Waals surface area contributed by atoms with Crippen LogP contribution in [0.2, 0.25) is 0 Å². The SMILES string of the molecule is CCCCCCCCCCc1cnc(-c2ccc(OC(=O)c3ccc(CCCCCC)cc3)cc2F)nc1. The smallest absolute Gasteiger partial charge is 0.343 e. The molecule has 0 fully saturated rings. The van der Waals surface area contributed by atoms with E-state index >= 15 is 0 Å². The van der Waals surface area contributed by atoms with E-state index in [0.29, 0.717) is 11.4 Å². The molecular weight excluding hydrogens is 475 g/mol. The summed E-state index contributed by atoms with van der Waals surface area (Å²) in [5.41, 5.74) is 3.01. The zero-order chi connectivity index (χ0) is 27.0. The van der Waals surface area contributed by atoms with Gasteiger partial charge in [0.1, 0.15) is 11.6 Å². The van der Waals surface area contributed by atoms with Crippen molar-refractivity contribution in [3.05, 3.63) is 77.4 Å².